The van der Waals surface area contributed by atoms with Crippen molar-refractivity contribution < 1.29 is 27.8 Å². The number of nitrogens with zero attached hydrogens (tertiary/aromatic N) is 1. The molecule has 3 atom stereocenters. The number of rotatable bonds is 2. The largest absolute Gasteiger partial charge is 0.480 e. The lowest BCUT2D eigenvalue weighted by Crippen LogP contribution is -2.49. The summed E-state index contributed by atoms with van der Waals surface area (Å²) in [5.74, 6) is -0.454. The van der Waals surface area contributed by atoms with E-state index in [-0.39, 0.29) is 37.8 Å². The molecule has 1 aromatic rings. The molecule has 3 unspecified atom stereocenters. The third-order valence-corrected chi connectivity index (χ3v) is 4.99. The number of amides is 1. The van der Waals surface area contributed by atoms with Gasteiger partial charge in [-0.25, -0.2) is 0 Å². The molecular weight excluding hydrogens is 323 g/mol. The lowest BCUT2D eigenvalue weighted by Gasteiger charge is -2.36. The minimum atomic E-state index is -4.61. The monoisotopic (exact) mass is 343 g/mol. The van der Waals surface area contributed by atoms with Crippen molar-refractivity contribution in [3.63, 3.8) is 0 Å². The van der Waals surface area contributed by atoms with Crippen LogP contribution < -0.4 is 4.74 Å². The van der Waals surface area contributed by atoms with Crippen LogP contribution in [0.25, 0.3) is 0 Å². The van der Waals surface area contributed by atoms with Crippen LogP contribution in [0.5, 0.6) is 5.75 Å². The van der Waals surface area contributed by atoms with Crippen molar-refractivity contribution in [3.05, 3.63) is 29.8 Å². The molecule has 0 saturated carbocycles. The van der Waals surface area contributed by atoms with Crippen molar-refractivity contribution in [1.29, 1.82) is 0 Å². The van der Waals surface area contributed by atoms with Gasteiger partial charge in [0.05, 0.1) is 0 Å². The van der Waals surface area contributed by atoms with Gasteiger partial charge < -0.3 is 14.7 Å². The fourth-order valence-electron chi connectivity index (χ4n) is 3.51. The van der Waals surface area contributed by atoms with Gasteiger partial charge in [0, 0.05) is 24.6 Å². The van der Waals surface area contributed by atoms with Crippen LogP contribution in [0, 0.1) is 5.92 Å². The molecule has 1 fully saturated rings. The summed E-state index contributed by atoms with van der Waals surface area (Å²) < 4.78 is 43.5. The number of carbonyl (C=O) groups is 1. The standard InChI is InChI=1S/C17H20F3NO3/c1-10-12-4-2-3-5-13(12)24-14(10)16(23)21-8-6-11(7-9-21)15(22)17(18,19)20/h2-5,10-11,14-15,22H,6-9H2,1H3. The molecule has 0 bridgehead atoms. The number of fused-ring (bicyclic) bond motifs is 1. The number of alkyl halides is 3. The number of hydrogen-bond donors (Lipinski definition) is 1. The second kappa shape index (κ2) is 6.27. The van der Waals surface area contributed by atoms with E-state index in [1.54, 1.807) is 4.90 Å². The molecular formula is C17H20F3NO3. The summed E-state index contributed by atoms with van der Waals surface area (Å²) in [5.41, 5.74) is 0.971. The average Bonchev–Trinajstić information content (AvgIpc) is 2.90. The minimum Gasteiger partial charge on any atom is -0.480 e. The van der Waals surface area contributed by atoms with Crippen molar-refractivity contribution in [3.8, 4) is 5.75 Å². The van der Waals surface area contributed by atoms with E-state index in [2.05, 4.69) is 0 Å². The van der Waals surface area contributed by atoms with Gasteiger partial charge in [0.25, 0.3) is 5.91 Å². The van der Waals surface area contributed by atoms with E-state index >= 15 is 0 Å². The van der Waals surface area contributed by atoms with Crippen molar-refractivity contribution in [2.75, 3.05) is 13.1 Å². The first kappa shape index (κ1) is 17.1. The highest BCUT2D eigenvalue weighted by Gasteiger charge is 2.45. The third kappa shape index (κ3) is 3.09. The first-order valence-corrected chi connectivity index (χ1v) is 8.08. The average molecular weight is 343 g/mol. The quantitative estimate of drug-likeness (QED) is 0.898. The summed E-state index contributed by atoms with van der Waals surface area (Å²) in [6.07, 6.45) is -7.28. The van der Waals surface area contributed by atoms with Crippen LogP contribution in [-0.2, 0) is 4.79 Å². The Bertz CT molecular complexity index is 611. The van der Waals surface area contributed by atoms with Gasteiger partial charge in [-0.05, 0) is 24.8 Å². The maximum absolute atomic E-state index is 12.7. The third-order valence-electron chi connectivity index (χ3n) is 4.99. The van der Waals surface area contributed by atoms with E-state index in [0.717, 1.165) is 5.56 Å². The number of hydrogen-bond acceptors (Lipinski definition) is 3. The highest BCUT2D eigenvalue weighted by Crippen LogP contribution is 2.39. The number of piperidine rings is 1. The molecule has 1 aromatic carbocycles. The van der Waals surface area contributed by atoms with E-state index in [4.69, 9.17) is 4.74 Å². The van der Waals surface area contributed by atoms with Crippen LogP contribution in [0.3, 0.4) is 0 Å². The van der Waals surface area contributed by atoms with Gasteiger partial charge in [-0.3, -0.25) is 4.79 Å². The van der Waals surface area contributed by atoms with Crippen molar-refractivity contribution >= 4 is 5.91 Å². The summed E-state index contributed by atoms with van der Waals surface area (Å²) in [6, 6.07) is 7.45. The zero-order valence-electron chi connectivity index (χ0n) is 13.3. The summed E-state index contributed by atoms with van der Waals surface area (Å²) in [6.45, 7) is 2.33. The second-order valence-corrected chi connectivity index (χ2v) is 6.51. The maximum atomic E-state index is 12.7. The molecule has 24 heavy (non-hydrogen) atoms. The molecule has 2 aliphatic heterocycles. The minimum absolute atomic E-state index is 0.0906. The Hall–Kier alpha value is -1.76. The molecule has 7 heteroatoms. The molecule has 132 valence electrons. The maximum Gasteiger partial charge on any atom is 0.414 e. The molecule has 3 rings (SSSR count). The molecule has 2 aliphatic rings. The van der Waals surface area contributed by atoms with Gasteiger partial charge in [0.1, 0.15) is 5.75 Å². The second-order valence-electron chi connectivity index (χ2n) is 6.51. The van der Waals surface area contributed by atoms with E-state index in [9.17, 15) is 23.1 Å². The van der Waals surface area contributed by atoms with Crippen LogP contribution >= 0.6 is 0 Å². The Morgan fingerprint density at radius 3 is 2.50 bits per heavy atom. The van der Waals surface area contributed by atoms with Crippen LogP contribution in [0.15, 0.2) is 24.3 Å². The summed E-state index contributed by atoms with van der Waals surface area (Å²) >= 11 is 0. The molecule has 4 nitrogen and oxygen atoms in total. The highest BCUT2D eigenvalue weighted by molar-refractivity contribution is 5.83. The zero-order chi connectivity index (χ0) is 17.5. The van der Waals surface area contributed by atoms with Crippen LogP contribution in [0.2, 0.25) is 0 Å². The van der Waals surface area contributed by atoms with Crippen molar-refractivity contribution in [2.24, 2.45) is 5.92 Å². The van der Waals surface area contributed by atoms with Crippen molar-refractivity contribution in [2.45, 2.75) is 44.1 Å². The first-order valence-electron chi connectivity index (χ1n) is 8.08. The lowest BCUT2D eigenvalue weighted by atomic mass is 9.90. The Morgan fingerprint density at radius 1 is 1.29 bits per heavy atom. The van der Waals surface area contributed by atoms with Gasteiger partial charge in [-0.2, -0.15) is 13.2 Å². The van der Waals surface area contributed by atoms with Gasteiger partial charge in [0.15, 0.2) is 12.2 Å². The fourth-order valence-corrected chi connectivity index (χ4v) is 3.51. The van der Waals surface area contributed by atoms with Crippen LogP contribution in [0.4, 0.5) is 13.2 Å². The smallest absolute Gasteiger partial charge is 0.414 e. The molecule has 0 spiro atoms. The van der Waals surface area contributed by atoms with Crippen molar-refractivity contribution in [1.82, 2.24) is 4.90 Å². The van der Waals surface area contributed by atoms with E-state index < -0.39 is 24.3 Å². The predicted molar refractivity (Wildman–Crippen MR) is 80.6 cm³/mol. The SMILES string of the molecule is CC1c2ccccc2OC1C(=O)N1CCC(C(O)C(F)(F)F)CC1. The topological polar surface area (TPSA) is 49.8 Å². The number of para-hydroxylation sites is 1. The van der Waals surface area contributed by atoms with E-state index in [1.165, 1.54) is 0 Å². The Balaban J connectivity index is 1.61. The lowest BCUT2D eigenvalue weighted by molar-refractivity contribution is -0.223. The number of ether oxygens (including phenoxy) is 1. The number of likely N-dealkylation sites (tertiary alicyclic amines) is 1. The van der Waals surface area contributed by atoms with Gasteiger partial charge >= 0.3 is 6.18 Å². The van der Waals surface area contributed by atoms with E-state index in [1.807, 2.05) is 31.2 Å². The van der Waals surface area contributed by atoms with E-state index in [0.29, 0.717) is 5.75 Å². The number of aliphatic hydroxyl groups is 1. The zero-order valence-corrected chi connectivity index (χ0v) is 13.3. The Labute approximate surface area is 138 Å². The predicted octanol–water partition coefficient (Wildman–Crippen LogP) is 2.71. The van der Waals surface area contributed by atoms with Gasteiger partial charge in [-0.1, -0.05) is 25.1 Å². The molecule has 1 saturated heterocycles. The molecule has 2 heterocycles. The molecule has 0 radical (unpaired) electrons. The number of carbonyl (C=O) groups excluding carboxylic acids is 1. The van der Waals surface area contributed by atoms with Gasteiger partial charge in [-0.15, -0.1) is 0 Å². The number of halogens is 3. The Morgan fingerprint density at radius 2 is 1.92 bits per heavy atom. The first-order chi connectivity index (χ1) is 11.3. The fraction of sp³-hybridized carbons (Fsp3) is 0.588. The number of benzene rings is 1. The molecule has 1 amide bonds. The van der Waals surface area contributed by atoms with Crippen LogP contribution in [-0.4, -0.2) is 47.4 Å². The number of aliphatic hydroxyl groups excluding tert-OH is 1. The normalized spacial score (nSPS) is 26.0. The molecule has 0 aromatic heterocycles. The molecule has 1 N–H and O–H groups in total. The summed E-state index contributed by atoms with van der Waals surface area (Å²) in [4.78, 5) is 14.2. The molecule has 0 aliphatic carbocycles. The highest BCUT2D eigenvalue weighted by atomic mass is 19.4. The van der Waals surface area contributed by atoms with Gasteiger partial charge in [0.2, 0.25) is 0 Å². The summed E-state index contributed by atoms with van der Waals surface area (Å²) in [5, 5.41) is 9.35. The Kier molecular flexibility index (Phi) is 4.46. The summed E-state index contributed by atoms with van der Waals surface area (Å²) in [7, 11) is 0. The van der Waals surface area contributed by atoms with Crippen LogP contribution in [0.1, 0.15) is 31.2 Å².